The molecule has 0 spiro atoms. The smallest absolute Gasteiger partial charge is 0.247 e. The lowest BCUT2D eigenvalue weighted by molar-refractivity contribution is -0.116. The van der Waals surface area contributed by atoms with Gasteiger partial charge in [0.15, 0.2) is 0 Å². The number of ether oxygens (including phenoxy) is 2. The van der Waals surface area contributed by atoms with E-state index in [4.69, 9.17) is 9.47 Å². The molecule has 7 nitrogen and oxygen atoms in total. The van der Waals surface area contributed by atoms with Crippen molar-refractivity contribution in [1.29, 1.82) is 0 Å². The molecule has 0 fully saturated rings. The second-order valence-corrected chi connectivity index (χ2v) is 7.51. The van der Waals surface area contributed by atoms with Crippen LogP contribution < -0.4 is 19.1 Å². The largest absolute Gasteiger partial charge is 0.497 e. The number of hydrogen-bond acceptors (Lipinski definition) is 5. The fourth-order valence-corrected chi connectivity index (χ4v) is 3.66. The number of rotatable bonds is 7. The van der Waals surface area contributed by atoms with E-state index in [1.165, 1.54) is 21.1 Å². The van der Waals surface area contributed by atoms with Gasteiger partial charge in [0.05, 0.1) is 26.2 Å². The Morgan fingerprint density at radius 2 is 1.65 bits per heavy atom. The molecule has 0 aromatic heterocycles. The number of carbonyl (C=O) groups is 1. The Morgan fingerprint density at radius 3 is 2.19 bits per heavy atom. The van der Waals surface area contributed by atoms with Crippen LogP contribution in [0.3, 0.4) is 0 Å². The van der Waals surface area contributed by atoms with E-state index >= 15 is 0 Å². The highest BCUT2D eigenvalue weighted by atomic mass is 32.2. The minimum absolute atomic E-state index is 0.376. The molecule has 1 N–H and O–H groups in total. The summed E-state index contributed by atoms with van der Waals surface area (Å²) in [6.45, 7) is 1.53. The van der Waals surface area contributed by atoms with Crippen molar-refractivity contribution in [3.05, 3.63) is 48.5 Å². The van der Waals surface area contributed by atoms with Gasteiger partial charge in [0.2, 0.25) is 15.9 Å². The van der Waals surface area contributed by atoms with E-state index in [1.807, 2.05) is 0 Å². The van der Waals surface area contributed by atoms with Crippen LogP contribution >= 0.6 is 0 Å². The highest BCUT2D eigenvalue weighted by Crippen LogP contribution is 2.25. The van der Waals surface area contributed by atoms with Gasteiger partial charge in [-0.1, -0.05) is 6.07 Å². The molecule has 0 aliphatic rings. The van der Waals surface area contributed by atoms with Gasteiger partial charge >= 0.3 is 0 Å². The van der Waals surface area contributed by atoms with Crippen molar-refractivity contribution in [1.82, 2.24) is 0 Å². The van der Waals surface area contributed by atoms with Crippen LogP contribution in [0.2, 0.25) is 0 Å². The molecular formula is C18H22N2O5S. The van der Waals surface area contributed by atoms with Gasteiger partial charge in [-0.25, -0.2) is 8.42 Å². The number of methoxy groups -OCH3 is 2. The minimum Gasteiger partial charge on any atom is -0.497 e. The first-order chi connectivity index (χ1) is 12.3. The third-order valence-corrected chi connectivity index (χ3v) is 4.99. The van der Waals surface area contributed by atoms with Crippen LogP contribution in [-0.2, 0) is 14.8 Å². The first-order valence-corrected chi connectivity index (χ1v) is 9.69. The number of benzene rings is 2. The Bertz CT molecular complexity index is 865. The van der Waals surface area contributed by atoms with Crippen molar-refractivity contribution in [3.8, 4) is 11.5 Å². The summed E-state index contributed by atoms with van der Waals surface area (Å²) in [5.74, 6) is 0.723. The Labute approximate surface area is 153 Å². The molecule has 0 unspecified atom stereocenters. The Hall–Kier alpha value is -2.74. The van der Waals surface area contributed by atoms with E-state index in [9.17, 15) is 13.2 Å². The second-order valence-electron chi connectivity index (χ2n) is 5.65. The van der Waals surface area contributed by atoms with Crippen molar-refractivity contribution in [2.75, 3.05) is 30.1 Å². The maximum atomic E-state index is 12.6. The molecule has 1 amide bonds. The van der Waals surface area contributed by atoms with Gasteiger partial charge in [-0.15, -0.1) is 0 Å². The lowest BCUT2D eigenvalue weighted by Gasteiger charge is -2.28. The molecule has 8 heteroatoms. The molecule has 2 rings (SSSR count). The summed E-state index contributed by atoms with van der Waals surface area (Å²) >= 11 is 0. The monoisotopic (exact) mass is 378 g/mol. The summed E-state index contributed by atoms with van der Waals surface area (Å²) in [6, 6.07) is 12.3. The van der Waals surface area contributed by atoms with E-state index in [-0.39, 0.29) is 0 Å². The van der Waals surface area contributed by atoms with Crippen molar-refractivity contribution in [3.63, 3.8) is 0 Å². The van der Waals surface area contributed by atoms with Crippen LogP contribution in [0.1, 0.15) is 6.92 Å². The minimum atomic E-state index is -3.68. The summed E-state index contributed by atoms with van der Waals surface area (Å²) in [7, 11) is -0.632. The average Bonchev–Trinajstić information content (AvgIpc) is 2.61. The summed E-state index contributed by atoms with van der Waals surface area (Å²) < 4.78 is 35.8. The molecule has 2 aromatic rings. The van der Waals surface area contributed by atoms with E-state index in [0.717, 1.165) is 10.6 Å². The zero-order valence-corrected chi connectivity index (χ0v) is 15.9. The molecule has 140 valence electrons. The maximum Gasteiger partial charge on any atom is 0.247 e. The first kappa shape index (κ1) is 19.6. The maximum absolute atomic E-state index is 12.6. The van der Waals surface area contributed by atoms with Crippen molar-refractivity contribution < 1.29 is 22.7 Å². The third kappa shape index (κ3) is 4.66. The number of amides is 1. The third-order valence-electron chi connectivity index (χ3n) is 3.75. The van der Waals surface area contributed by atoms with E-state index in [2.05, 4.69) is 5.32 Å². The molecule has 0 saturated heterocycles. The highest BCUT2D eigenvalue weighted by molar-refractivity contribution is 7.92. The quantitative estimate of drug-likeness (QED) is 0.800. The first-order valence-electron chi connectivity index (χ1n) is 7.84. The molecule has 0 bridgehead atoms. The zero-order valence-electron chi connectivity index (χ0n) is 15.1. The van der Waals surface area contributed by atoms with Gasteiger partial charge in [0.1, 0.15) is 17.5 Å². The number of nitrogens with one attached hydrogen (secondary N) is 1. The molecule has 26 heavy (non-hydrogen) atoms. The topological polar surface area (TPSA) is 84.9 Å². The molecule has 0 aliphatic carbocycles. The summed E-state index contributed by atoms with van der Waals surface area (Å²) in [5.41, 5.74) is 0.894. The Balaban J connectivity index is 2.27. The molecule has 0 radical (unpaired) electrons. The zero-order chi connectivity index (χ0) is 19.3. The van der Waals surface area contributed by atoms with Crippen molar-refractivity contribution >= 4 is 27.3 Å². The lowest BCUT2D eigenvalue weighted by atomic mass is 10.2. The van der Waals surface area contributed by atoms with Gasteiger partial charge in [-0.05, 0) is 43.3 Å². The molecule has 0 aliphatic heterocycles. The normalized spacial score (nSPS) is 12.2. The predicted molar refractivity (Wildman–Crippen MR) is 101 cm³/mol. The molecule has 2 aromatic carbocycles. The molecular weight excluding hydrogens is 356 g/mol. The summed E-state index contributed by atoms with van der Waals surface area (Å²) in [4.78, 5) is 12.6. The Morgan fingerprint density at radius 1 is 1.04 bits per heavy atom. The second kappa shape index (κ2) is 8.09. The van der Waals surface area contributed by atoms with Crippen LogP contribution in [0.5, 0.6) is 11.5 Å². The number of hydrogen-bond donors (Lipinski definition) is 1. The number of carbonyl (C=O) groups excluding carboxylic acids is 1. The van der Waals surface area contributed by atoms with E-state index in [1.54, 1.807) is 48.5 Å². The summed E-state index contributed by atoms with van der Waals surface area (Å²) in [6.07, 6.45) is 1.06. The van der Waals surface area contributed by atoms with Gasteiger partial charge in [0, 0.05) is 11.8 Å². The molecule has 0 heterocycles. The Kier molecular flexibility index (Phi) is 6.10. The van der Waals surface area contributed by atoms with Gasteiger partial charge in [-0.3, -0.25) is 9.10 Å². The fraction of sp³-hybridized carbons (Fsp3) is 0.278. The van der Waals surface area contributed by atoms with E-state index < -0.39 is 22.0 Å². The number of nitrogens with zero attached hydrogens (tertiary/aromatic N) is 1. The van der Waals surface area contributed by atoms with Crippen molar-refractivity contribution in [2.24, 2.45) is 0 Å². The SMILES string of the molecule is COc1ccc(N([C@H](C)C(=O)Nc2cccc(OC)c2)S(C)(=O)=O)cc1. The van der Waals surface area contributed by atoms with Crippen LogP contribution in [-0.4, -0.2) is 40.8 Å². The van der Waals surface area contributed by atoms with Crippen LogP contribution in [0.15, 0.2) is 48.5 Å². The van der Waals surface area contributed by atoms with Crippen LogP contribution in [0, 0.1) is 0 Å². The highest BCUT2D eigenvalue weighted by Gasteiger charge is 2.29. The fourth-order valence-electron chi connectivity index (χ4n) is 2.49. The lowest BCUT2D eigenvalue weighted by Crippen LogP contribution is -2.45. The molecule has 0 saturated carbocycles. The van der Waals surface area contributed by atoms with E-state index in [0.29, 0.717) is 22.9 Å². The van der Waals surface area contributed by atoms with Gasteiger partial charge < -0.3 is 14.8 Å². The van der Waals surface area contributed by atoms with Gasteiger partial charge in [-0.2, -0.15) is 0 Å². The van der Waals surface area contributed by atoms with Crippen LogP contribution in [0.25, 0.3) is 0 Å². The summed E-state index contributed by atoms with van der Waals surface area (Å²) in [5, 5.41) is 2.71. The predicted octanol–water partition coefficient (Wildman–Crippen LogP) is 2.50. The standard InChI is InChI=1S/C18H22N2O5S/c1-13(18(21)19-14-6-5-7-17(12-14)25-3)20(26(4,22)23)15-8-10-16(24-2)11-9-15/h5-13H,1-4H3,(H,19,21)/t13-/m1/s1. The number of sulfonamides is 1. The average molecular weight is 378 g/mol. The number of anilines is 2. The van der Waals surface area contributed by atoms with Crippen molar-refractivity contribution in [2.45, 2.75) is 13.0 Å². The van der Waals surface area contributed by atoms with Crippen LogP contribution in [0.4, 0.5) is 11.4 Å². The molecule has 1 atom stereocenters. The van der Waals surface area contributed by atoms with Gasteiger partial charge in [0.25, 0.3) is 0 Å².